The summed E-state index contributed by atoms with van der Waals surface area (Å²) in [6.45, 7) is 0.648. The second-order valence-electron chi connectivity index (χ2n) is 5.84. The van der Waals surface area contributed by atoms with Crippen molar-refractivity contribution < 1.29 is 23.1 Å². The Labute approximate surface area is 150 Å². The molecule has 2 aromatic rings. The third-order valence-corrected chi connectivity index (χ3v) is 6.19. The standard InChI is InChI=1S/C16H18N4O5S/c1-18-14(16(22)23)13(11-17-18)15(21)19-7-9-20(10-8-19)26(24,25)12-5-3-2-4-6-12/h2-6,11H,7-10H2,1H3,(H,22,23). The Morgan fingerprint density at radius 1 is 1.08 bits per heavy atom. The number of hydrogen-bond donors (Lipinski definition) is 1. The minimum Gasteiger partial charge on any atom is -0.477 e. The van der Waals surface area contributed by atoms with Gasteiger partial charge in [-0.05, 0) is 12.1 Å². The first-order chi connectivity index (χ1) is 12.3. The van der Waals surface area contributed by atoms with Crippen LogP contribution in [0.1, 0.15) is 20.8 Å². The summed E-state index contributed by atoms with van der Waals surface area (Å²) < 4.78 is 27.7. The zero-order valence-electron chi connectivity index (χ0n) is 14.1. The zero-order valence-corrected chi connectivity index (χ0v) is 14.9. The molecule has 0 spiro atoms. The molecule has 0 atom stereocenters. The molecule has 1 amide bonds. The van der Waals surface area contributed by atoms with Crippen molar-refractivity contribution in [1.29, 1.82) is 0 Å². The third-order valence-electron chi connectivity index (χ3n) is 4.28. The maximum atomic E-state index is 12.6. The number of amides is 1. The van der Waals surface area contributed by atoms with Crippen LogP contribution < -0.4 is 0 Å². The molecule has 1 aliphatic heterocycles. The second kappa shape index (κ2) is 6.89. The summed E-state index contributed by atoms with van der Waals surface area (Å²) in [5.41, 5.74) is -0.186. The Balaban J connectivity index is 1.73. The van der Waals surface area contributed by atoms with E-state index < -0.39 is 21.9 Å². The number of carbonyl (C=O) groups is 2. The van der Waals surface area contributed by atoms with E-state index in [-0.39, 0.29) is 42.3 Å². The number of carboxylic acid groups (broad SMARTS) is 1. The SMILES string of the molecule is Cn1ncc(C(=O)N2CCN(S(=O)(=O)c3ccccc3)CC2)c1C(=O)O. The predicted octanol–water partition coefficient (Wildman–Crippen LogP) is 0.265. The Morgan fingerprint density at radius 3 is 2.27 bits per heavy atom. The monoisotopic (exact) mass is 378 g/mol. The van der Waals surface area contributed by atoms with E-state index >= 15 is 0 Å². The predicted molar refractivity (Wildman–Crippen MR) is 91.3 cm³/mol. The van der Waals surface area contributed by atoms with E-state index in [1.165, 1.54) is 34.6 Å². The molecule has 1 aromatic heterocycles. The van der Waals surface area contributed by atoms with Gasteiger partial charge in [0.1, 0.15) is 0 Å². The van der Waals surface area contributed by atoms with Crippen LogP contribution >= 0.6 is 0 Å². The molecule has 9 nitrogen and oxygen atoms in total. The fraction of sp³-hybridized carbons (Fsp3) is 0.312. The van der Waals surface area contributed by atoms with Crippen LogP contribution in [0, 0.1) is 0 Å². The van der Waals surface area contributed by atoms with Crippen molar-refractivity contribution in [2.24, 2.45) is 7.05 Å². The number of hydrogen-bond acceptors (Lipinski definition) is 5. The molecule has 2 heterocycles. The lowest BCUT2D eigenvalue weighted by Gasteiger charge is -2.33. The number of piperazine rings is 1. The van der Waals surface area contributed by atoms with Crippen LogP contribution in [0.4, 0.5) is 0 Å². The molecule has 138 valence electrons. The molecule has 0 aliphatic carbocycles. The van der Waals surface area contributed by atoms with Crippen LogP contribution in [-0.2, 0) is 17.1 Å². The lowest BCUT2D eigenvalue weighted by molar-refractivity contribution is 0.0648. The number of benzene rings is 1. The van der Waals surface area contributed by atoms with E-state index in [0.717, 1.165) is 4.68 Å². The number of carbonyl (C=O) groups excluding carboxylic acids is 1. The van der Waals surface area contributed by atoms with Gasteiger partial charge in [0, 0.05) is 33.2 Å². The van der Waals surface area contributed by atoms with Crippen LogP contribution in [0.15, 0.2) is 41.4 Å². The number of aromatic carboxylic acids is 1. The summed E-state index contributed by atoms with van der Waals surface area (Å²) in [5, 5.41) is 13.1. The first-order valence-corrected chi connectivity index (χ1v) is 9.36. The van der Waals surface area contributed by atoms with Crippen molar-refractivity contribution in [3.63, 3.8) is 0 Å². The summed E-state index contributed by atoms with van der Waals surface area (Å²) in [6, 6.07) is 8.11. The van der Waals surface area contributed by atoms with Crippen molar-refractivity contribution in [2.45, 2.75) is 4.90 Å². The number of aryl methyl sites for hydroxylation is 1. The first-order valence-electron chi connectivity index (χ1n) is 7.92. The molecule has 1 aliphatic rings. The van der Waals surface area contributed by atoms with Gasteiger partial charge in [-0.1, -0.05) is 18.2 Å². The largest absolute Gasteiger partial charge is 0.477 e. The highest BCUT2D eigenvalue weighted by molar-refractivity contribution is 7.89. The first kappa shape index (κ1) is 18.1. The summed E-state index contributed by atoms with van der Waals surface area (Å²) in [6.07, 6.45) is 1.22. The molecule has 0 saturated carbocycles. The van der Waals surface area contributed by atoms with Crippen molar-refractivity contribution in [2.75, 3.05) is 26.2 Å². The Morgan fingerprint density at radius 2 is 1.69 bits per heavy atom. The summed E-state index contributed by atoms with van der Waals surface area (Å²) in [5.74, 6) is -1.70. The second-order valence-corrected chi connectivity index (χ2v) is 7.78. The number of sulfonamides is 1. The van der Waals surface area contributed by atoms with Crippen LogP contribution in [-0.4, -0.2) is 70.6 Å². The van der Waals surface area contributed by atoms with Crippen molar-refractivity contribution in [3.05, 3.63) is 47.8 Å². The smallest absolute Gasteiger partial charge is 0.354 e. The van der Waals surface area contributed by atoms with Crippen molar-refractivity contribution in [3.8, 4) is 0 Å². The molecule has 1 fully saturated rings. The van der Waals surface area contributed by atoms with Gasteiger partial charge in [-0.25, -0.2) is 13.2 Å². The molecule has 1 saturated heterocycles. The summed E-state index contributed by atoms with van der Waals surface area (Å²) in [4.78, 5) is 25.6. The fourth-order valence-corrected chi connectivity index (χ4v) is 4.33. The lowest BCUT2D eigenvalue weighted by atomic mass is 10.2. The summed E-state index contributed by atoms with van der Waals surface area (Å²) in [7, 11) is -2.16. The van der Waals surface area contributed by atoms with E-state index in [9.17, 15) is 23.1 Å². The van der Waals surface area contributed by atoms with Gasteiger partial charge in [0.05, 0.1) is 16.7 Å². The van der Waals surface area contributed by atoms with Gasteiger partial charge >= 0.3 is 5.97 Å². The Hall–Kier alpha value is -2.72. The molecule has 0 bridgehead atoms. The van der Waals surface area contributed by atoms with E-state index in [1.54, 1.807) is 18.2 Å². The van der Waals surface area contributed by atoms with Crippen molar-refractivity contribution in [1.82, 2.24) is 19.0 Å². The Bertz CT molecular complexity index is 931. The van der Waals surface area contributed by atoms with E-state index in [0.29, 0.717) is 0 Å². The minimum absolute atomic E-state index is 0.000587. The van der Waals surface area contributed by atoms with Gasteiger partial charge in [0.2, 0.25) is 10.0 Å². The normalized spacial score (nSPS) is 15.8. The maximum absolute atomic E-state index is 12.6. The van der Waals surface area contributed by atoms with Gasteiger partial charge in [0.15, 0.2) is 5.69 Å². The van der Waals surface area contributed by atoms with E-state index in [2.05, 4.69) is 5.10 Å². The number of aromatic nitrogens is 2. The lowest BCUT2D eigenvalue weighted by Crippen LogP contribution is -2.50. The van der Waals surface area contributed by atoms with Gasteiger partial charge in [-0.3, -0.25) is 9.48 Å². The highest BCUT2D eigenvalue weighted by atomic mass is 32.2. The molecular weight excluding hydrogens is 360 g/mol. The molecule has 3 rings (SSSR count). The van der Waals surface area contributed by atoms with Crippen LogP contribution in [0.2, 0.25) is 0 Å². The molecule has 0 unspecified atom stereocenters. The minimum atomic E-state index is -3.61. The highest BCUT2D eigenvalue weighted by Crippen LogP contribution is 2.19. The third kappa shape index (κ3) is 3.20. The van der Waals surface area contributed by atoms with Crippen LogP contribution in [0.25, 0.3) is 0 Å². The van der Waals surface area contributed by atoms with Gasteiger partial charge < -0.3 is 10.0 Å². The molecule has 10 heteroatoms. The topological polar surface area (TPSA) is 113 Å². The quantitative estimate of drug-likeness (QED) is 0.817. The Kier molecular flexibility index (Phi) is 4.79. The average molecular weight is 378 g/mol. The zero-order chi connectivity index (χ0) is 18.9. The maximum Gasteiger partial charge on any atom is 0.354 e. The molecule has 26 heavy (non-hydrogen) atoms. The van der Waals surface area contributed by atoms with Gasteiger partial charge in [-0.15, -0.1) is 0 Å². The van der Waals surface area contributed by atoms with Crippen molar-refractivity contribution >= 4 is 21.9 Å². The molecule has 1 aromatic carbocycles. The van der Waals surface area contributed by atoms with Crippen LogP contribution in [0.3, 0.4) is 0 Å². The number of rotatable bonds is 4. The number of nitrogens with zero attached hydrogens (tertiary/aromatic N) is 4. The molecule has 0 radical (unpaired) electrons. The van der Waals surface area contributed by atoms with E-state index in [4.69, 9.17) is 0 Å². The fourth-order valence-electron chi connectivity index (χ4n) is 2.89. The van der Waals surface area contributed by atoms with Crippen LogP contribution in [0.5, 0.6) is 0 Å². The van der Waals surface area contributed by atoms with Gasteiger partial charge in [0.25, 0.3) is 5.91 Å². The number of carboxylic acids is 1. The summed E-state index contributed by atoms with van der Waals surface area (Å²) >= 11 is 0. The average Bonchev–Trinajstić information content (AvgIpc) is 3.03. The molecule has 1 N–H and O–H groups in total. The van der Waals surface area contributed by atoms with Gasteiger partial charge in [-0.2, -0.15) is 9.40 Å². The van der Waals surface area contributed by atoms with E-state index in [1.807, 2.05) is 0 Å². The highest BCUT2D eigenvalue weighted by Gasteiger charge is 2.32. The molecular formula is C16H18N4O5S.